The van der Waals surface area contributed by atoms with Gasteiger partial charge in [0.05, 0.1) is 11.4 Å². The lowest BCUT2D eigenvalue weighted by molar-refractivity contribution is 1.07. The Morgan fingerprint density at radius 3 is 1.28 bits per heavy atom. The smallest absolute Gasteiger partial charge is 0.164 e. The van der Waals surface area contributed by atoms with Crippen LogP contribution in [0.1, 0.15) is 5.82 Å². The molecule has 10 rings (SSSR count). The Balaban J connectivity index is 0.963. The van der Waals surface area contributed by atoms with Crippen LogP contribution in [-0.2, 0) is 0 Å². The van der Waals surface area contributed by atoms with E-state index in [0.29, 0.717) is 23.3 Å². The number of rotatable bonds is 11. The van der Waals surface area contributed by atoms with Crippen LogP contribution in [0.4, 0.5) is 0 Å². The van der Waals surface area contributed by atoms with E-state index in [2.05, 4.69) is 159 Å². The monoisotopic (exact) mass is 819 g/mol. The molecule has 0 aliphatic carbocycles. The summed E-state index contributed by atoms with van der Waals surface area (Å²) in [4.78, 5) is 24.9. The van der Waals surface area contributed by atoms with Crippen molar-refractivity contribution in [3.63, 3.8) is 0 Å². The molecule has 10 aromatic rings. The first-order valence-electron chi connectivity index (χ1n) is 21.2. The Hall–Kier alpha value is -8.67. The predicted octanol–water partition coefficient (Wildman–Crippen LogP) is 14.9. The van der Waals surface area contributed by atoms with Gasteiger partial charge in [-0.15, -0.1) is 0 Å². The summed E-state index contributed by atoms with van der Waals surface area (Å²) < 4.78 is 0. The van der Waals surface area contributed by atoms with Crippen molar-refractivity contribution in [1.29, 1.82) is 0 Å². The van der Waals surface area contributed by atoms with Gasteiger partial charge in [0.2, 0.25) is 0 Å². The molecule has 0 unspecified atom stereocenters. The molecule has 302 valence electrons. The van der Waals surface area contributed by atoms with Gasteiger partial charge in [-0.3, -0.25) is 0 Å². The molecule has 0 atom stereocenters. The first-order chi connectivity index (χ1) is 31.6. The quantitative estimate of drug-likeness (QED) is 0.122. The third-order valence-corrected chi connectivity index (χ3v) is 11.3. The summed E-state index contributed by atoms with van der Waals surface area (Å²) in [5.74, 6) is 2.48. The fraction of sp³-hybridized carbons (Fsp3) is 0. The number of fused-ring (bicyclic) bond motifs is 1. The van der Waals surface area contributed by atoms with Gasteiger partial charge in [-0.1, -0.05) is 213 Å². The van der Waals surface area contributed by atoms with Crippen LogP contribution in [-0.4, -0.2) is 24.9 Å². The molecule has 0 aliphatic heterocycles. The molecule has 0 saturated carbocycles. The van der Waals surface area contributed by atoms with E-state index in [1.807, 2.05) is 66.7 Å². The minimum Gasteiger partial charge on any atom is -0.228 e. The first kappa shape index (κ1) is 39.5. The maximum atomic E-state index is 5.06. The largest absolute Gasteiger partial charge is 0.228 e. The molecule has 8 aromatic carbocycles. The number of hydrogen-bond donors (Lipinski definition) is 0. The van der Waals surface area contributed by atoms with Crippen molar-refractivity contribution in [3.05, 3.63) is 243 Å². The number of benzene rings is 8. The van der Waals surface area contributed by atoms with Crippen LogP contribution in [0.3, 0.4) is 0 Å². The normalized spacial score (nSPS) is 11.3. The zero-order chi connectivity index (χ0) is 43.2. The summed E-state index contributed by atoms with van der Waals surface area (Å²) in [6, 6.07) is 71.4. The van der Waals surface area contributed by atoms with Crippen LogP contribution >= 0.6 is 0 Å². The lowest BCUT2D eigenvalue weighted by Crippen LogP contribution is -2.00. The van der Waals surface area contributed by atoms with Crippen molar-refractivity contribution in [1.82, 2.24) is 24.9 Å². The highest BCUT2D eigenvalue weighted by Crippen LogP contribution is 2.34. The molecule has 0 amide bonds. The number of nitrogens with zero attached hydrogens (tertiary/aromatic N) is 5. The molecule has 2 aromatic heterocycles. The van der Waals surface area contributed by atoms with Crippen molar-refractivity contribution < 1.29 is 0 Å². The van der Waals surface area contributed by atoms with Gasteiger partial charge in [-0.2, -0.15) is 0 Å². The third kappa shape index (κ3) is 8.34. The van der Waals surface area contributed by atoms with Crippen LogP contribution in [0.2, 0.25) is 0 Å². The lowest BCUT2D eigenvalue weighted by atomic mass is 9.96. The highest BCUT2D eigenvalue weighted by molar-refractivity contribution is 5.91. The molecule has 0 radical (unpaired) electrons. The Bertz CT molecular complexity index is 3320. The first-order valence-corrected chi connectivity index (χ1v) is 21.2. The molecule has 0 saturated heterocycles. The average Bonchev–Trinajstić information content (AvgIpc) is 3.38. The van der Waals surface area contributed by atoms with Gasteiger partial charge in [0, 0.05) is 33.4 Å². The summed E-state index contributed by atoms with van der Waals surface area (Å²) in [6.45, 7) is 7.87. The van der Waals surface area contributed by atoms with E-state index in [9.17, 15) is 0 Å². The SMILES string of the molecule is C=C/C=C(\C=C)c1nc(-c2ccccc2)cc(-c2ccc(-c3ccc4ccc(-c5cccc(-c6nc(-c7ccccc7)nc(-c7ccc(-c8ccccc8)cc7)n6)c5)cc4c3)cc2)n1. The Morgan fingerprint density at radius 1 is 0.312 bits per heavy atom. The number of allylic oxidation sites excluding steroid dienone is 4. The summed E-state index contributed by atoms with van der Waals surface area (Å²) in [6.07, 6.45) is 5.38. The van der Waals surface area contributed by atoms with Gasteiger partial charge >= 0.3 is 0 Å². The van der Waals surface area contributed by atoms with E-state index >= 15 is 0 Å². The zero-order valence-corrected chi connectivity index (χ0v) is 35.0. The Kier molecular flexibility index (Phi) is 10.9. The summed E-state index contributed by atoms with van der Waals surface area (Å²) in [5, 5.41) is 2.32. The minimum atomic E-state index is 0.603. The Morgan fingerprint density at radius 2 is 0.703 bits per heavy atom. The standard InChI is InChI=1S/C59H41N5/c1-3-15-40(4-2)56-60-54(45-18-10-6-11-19-45)39-55(61-56)46-30-24-43(25-31-46)50-34-28-44-29-35-51(38-53(44)37-50)49-22-14-23-52(36-49)59-63-57(47-20-12-7-13-21-47)62-58(64-59)48-32-26-42(27-33-48)41-16-8-5-9-17-41/h3-39H,1-2H2/b40-15+. The van der Waals surface area contributed by atoms with Crippen LogP contribution in [0, 0.1) is 0 Å². The molecule has 5 nitrogen and oxygen atoms in total. The molecule has 64 heavy (non-hydrogen) atoms. The van der Waals surface area contributed by atoms with Gasteiger partial charge in [-0.05, 0) is 68.4 Å². The topological polar surface area (TPSA) is 64.5 Å². The van der Waals surface area contributed by atoms with E-state index < -0.39 is 0 Å². The molecule has 0 N–H and O–H groups in total. The highest BCUT2D eigenvalue weighted by Gasteiger charge is 2.15. The van der Waals surface area contributed by atoms with Gasteiger partial charge in [-0.25, -0.2) is 24.9 Å². The van der Waals surface area contributed by atoms with Gasteiger partial charge in [0.25, 0.3) is 0 Å². The predicted molar refractivity (Wildman–Crippen MR) is 265 cm³/mol. The summed E-state index contributed by atoms with van der Waals surface area (Å²) in [7, 11) is 0. The van der Waals surface area contributed by atoms with Gasteiger partial charge in [0.15, 0.2) is 23.3 Å². The zero-order valence-electron chi connectivity index (χ0n) is 35.0. The van der Waals surface area contributed by atoms with Gasteiger partial charge < -0.3 is 0 Å². The van der Waals surface area contributed by atoms with E-state index in [0.717, 1.165) is 78.0 Å². The van der Waals surface area contributed by atoms with Crippen LogP contribution in [0.25, 0.3) is 106 Å². The summed E-state index contributed by atoms with van der Waals surface area (Å²) >= 11 is 0. The molecule has 0 bridgehead atoms. The van der Waals surface area contributed by atoms with E-state index in [4.69, 9.17) is 24.9 Å². The van der Waals surface area contributed by atoms with Crippen molar-refractivity contribution in [2.24, 2.45) is 0 Å². The molecular weight excluding hydrogens is 779 g/mol. The molecule has 0 fully saturated rings. The minimum absolute atomic E-state index is 0.603. The van der Waals surface area contributed by atoms with E-state index in [1.54, 1.807) is 12.2 Å². The third-order valence-electron chi connectivity index (χ3n) is 11.3. The van der Waals surface area contributed by atoms with Gasteiger partial charge in [0.1, 0.15) is 0 Å². The van der Waals surface area contributed by atoms with Crippen LogP contribution in [0.5, 0.6) is 0 Å². The average molecular weight is 820 g/mol. The molecule has 5 heteroatoms. The second-order valence-electron chi connectivity index (χ2n) is 15.4. The Labute approximate surface area is 373 Å². The molecule has 0 spiro atoms. The van der Waals surface area contributed by atoms with Crippen molar-refractivity contribution >= 4 is 16.3 Å². The molecule has 0 aliphatic rings. The molecular formula is C59H41N5. The second kappa shape index (κ2) is 17.7. The maximum Gasteiger partial charge on any atom is 0.164 e. The second-order valence-corrected chi connectivity index (χ2v) is 15.4. The van der Waals surface area contributed by atoms with E-state index in [-0.39, 0.29) is 0 Å². The van der Waals surface area contributed by atoms with Crippen LogP contribution < -0.4 is 0 Å². The van der Waals surface area contributed by atoms with Crippen LogP contribution in [0.15, 0.2) is 238 Å². The van der Waals surface area contributed by atoms with Crippen molar-refractivity contribution in [2.45, 2.75) is 0 Å². The summed E-state index contributed by atoms with van der Waals surface area (Å²) in [5.41, 5.74) is 14.0. The number of aromatic nitrogens is 5. The van der Waals surface area contributed by atoms with Crippen molar-refractivity contribution in [3.8, 4) is 90.1 Å². The van der Waals surface area contributed by atoms with E-state index in [1.165, 1.54) is 10.9 Å². The number of hydrogen-bond acceptors (Lipinski definition) is 5. The maximum absolute atomic E-state index is 5.06. The fourth-order valence-corrected chi connectivity index (χ4v) is 7.91. The lowest BCUT2D eigenvalue weighted by Gasteiger charge is -2.11. The highest BCUT2D eigenvalue weighted by atomic mass is 15.0. The van der Waals surface area contributed by atoms with Crippen molar-refractivity contribution in [2.75, 3.05) is 0 Å². The molecule has 2 heterocycles. The fourth-order valence-electron chi connectivity index (χ4n) is 7.91.